The number of nitrogens with two attached hydrogens (primary N) is 1. The molecule has 2 rings (SSSR count). The number of anilines is 1. The van der Waals surface area contributed by atoms with E-state index in [1.54, 1.807) is 7.11 Å². The fourth-order valence-electron chi connectivity index (χ4n) is 1.58. The highest BCUT2D eigenvalue weighted by Crippen LogP contribution is 2.42. The van der Waals surface area contributed by atoms with Crippen LogP contribution >= 0.6 is 0 Å². The highest BCUT2D eigenvalue weighted by Gasteiger charge is 2.32. The Kier molecular flexibility index (Phi) is 2.19. The van der Waals surface area contributed by atoms with E-state index in [4.69, 9.17) is 10.5 Å². The lowest BCUT2D eigenvalue weighted by Gasteiger charge is -2.13. The summed E-state index contributed by atoms with van der Waals surface area (Å²) in [5.41, 5.74) is 6.65. The molecule has 1 fully saturated rings. The third-order valence-electron chi connectivity index (χ3n) is 2.44. The number of aromatic nitrogens is 1. The largest absolute Gasteiger partial charge is 0.384 e. The molecule has 0 spiro atoms. The lowest BCUT2D eigenvalue weighted by Crippen LogP contribution is -2.04. The number of hydrogen-bond acceptors (Lipinski definition) is 3. The number of nitrogens with zero attached hydrogens (tertiary/aromatic N) is 1. The third-order valence-corrected chi connectivity index (χ3v) is 2.44. The molecule has 1 unspecified atom stereocenters. The number of nitrogen functional groups attached to an aromatic ring is 1. The zero-order valence-corrected chi connectivity index (χ0v) is 7.73. The minimum absolute atomic E-state index is 0.216. The van der Waals surface area contributed by atoms with E-state index in [9.17, 15) is 0 Å². The maximum atomic E-state index is 5.51. The molecule has 1 atom stereocenters. The summed E-state index contributed by atoms with van der Waals surface area (Å²) in [5.74, 6) is 1.25. The van der Waals surface area contributed by atoms with Gasteiger partial charge in [-0.1, -0.05) is 6.07 Å². The Bertz CT molecular complexity index is 279. The second kappa shape index (κ2) is 3.34. The fraction of sp³-hybridized carbons (Fsp3) is 0.500. The van der Waals surface area contributed by atoms with Gasteiger partial charge in [0.1, 0.15) is 5.82 Å². The highest BCUT2D eigenvalue weighted by molar-refractivity contribution is 5.30. The van der Waals surface area contributed by atoms with Crippen LogP contribution in [0.1, 0.15) is 24.5 Å². The Morgan fingerprint density at radius 2 is 2.31 bits per heavy atom. The van der Waals surface area contributed by atoms with Crippen LogP contribution in [0.15, 0.2) is 18.3 Å². The minimum atomic E-state index is 0.216. The molecule has 1 aliphatic carbocycles. The molecule has 0 aromatic carbocycles. The van der Waals surface area contributed by atoms with Crippen molar-refractivity contribution in [3.63, 3.8) is 0 Å². The van der Waals surface area contributed by atoms with Gasteiger partial charge in [0.05, 0.1) is 6.10 Å². The summed E-state index contributed by atoms with van der Waals surface area (Å²) in [5, 5.41) is 0. The predicted octanol–water partition coefficient (Wildman–Crippen LogP) is 1.76. The Morgan fingerprint density at radius 1 is 1.54 bits per heavy atom. The van der Waals surface area contributed by atoms with Gasteiger partial charge in [-0.05, 0) is 30.4 Å². The zero-order chi connectivity index (χ0) is 9.26. The molecule has 13 heavy (non-hydrogen) atoms. The van der Waals surface area contributed by atoms with Crippen molar-refractivity contribution >= 4 is 5.82 Å². The SMILES string of the molecule is COC(c1ccc(N)nc1)C1CC1. The van der Waals surface area contributed by atoms with E-state index in [2.05, 4.69) is 4.98 Å². The van der Waals surface area contributed by atoms with Crippen molar-refractivity contribution in [3.05, 3.63) is 23.9 Å². The molecule has 0 saturated heterocycles. The number of pyridine rings is 1. The van der Waals surface area contributed by atoms with Crippen LogP contribution < -0.4 is 5.73 Å². The molecule has 0 radical (unpaired) electrons. The lowest BCUT2D eigenvalue weighted by molar-refractivity contribution is 0.0843. The Labute approximate surface area is 77.9 Å². The first-order valence-corrected chi connectivity index (χ1v) is 4.55. The molecular weight excluding hydrogens is 164 g/mol. The van der Waals surface area contributed by atoms with Gasteiger partial charge in [0, 0.05) is 13.3 Å². The van der Waals surface area contributed by atoms with Crippen LogP contribution in [0, 0.1) is 5.92 Å². The quantitative estimate of drug-likeness (QED) is 0.767. The van der Waals surface area contributed by atoms with E-state index in [0.29, 0.717) is 11.7 Å². The summed E-state index contributed by atoms with van der Waals surface area (Å²) in [6.45, 7) is 0. The highest BCUT2D eigenvalue weighted by atomic mass is 16.5. The molecule has 1 heterocycles. The summed E-state index contributed by atoms with van der Waals surface area (Å²) in [6, 6.07) is 3.82. The average molecular weight is 178 g/mol. The molecule has 1 saturated carbocycles. The Morgan fingerprint density at radius 3 is 2.77 bits per heavy atom. The zero-order valence-electron chi connectivity index (χ0n) is 7.73. The maximum Gasteiger partial charge on any atom is 0.123 e. The number of rotatable bonds is 3. The second-order valence-corrected chi connectivity index (χ2v) is 3.51. The molecule has 1 aliphatic rings. The van der Waals surface area contributed by atoms with Gasteiger partial charge in [0.25, 0.3) is 0 Å². The molecule has 1 aromatic rings. The van der Waals surface area contributed by atoms with Crippen molar-refractivity contribution in [1.82, 2.24) is 4.98 Å². The monoisotopic (exact) mass is 178 g/mol. The van der Waals surface area contributed by atoms with Crippen LogP contribution in [0.25, 0.3) is 0 Å². The summed E-state index contributed by atoms with van der Waals surface area (Å²) in [4.78, 5) is 4.06. The van der Waals surface area contributed by atoms with E-state index >= 15 is 0 Å². The summed E-state index contributed by atoms with van der Waals surface area (Å²) in [7, 11) is 1.75. The van der Waals surface area contributed by atoms with E-state index < -0.39 is 0 Å². The molecule has 0 bridgehead atoms. The second-order valence-electron chi connectivity index (χ2n) is 3.51. The first-order chi connectivity index (χ1) is 6.31. The van der Waals surface area contributed by atoms with E-state index in [1.807, 2.05) is 18.3 Å². The molecule has 3 heteroatoms. The first-order valence-electron chi connectivity index (χ1n) is 4.55. The molecule has 70 valence electrons. The van der Waals surface area contributed by atoms with Gasteiger partial charge in [-0.2, -0.15) is 0 Å². The Balaban J connectivity index is 2.17. The van der Waals surface area contributed by atoms with Crippen molar-refractivity contribution in [2.24, 2.45) is 5.92 Å². The maximum absolute atomic E-state index is 5.51. The van der Waals surface area contributed by atoms with Gasteiger partial charge in [0.15, 0.2) is 0 Å². The summed E-state index contributed by atoms with van der Waals surface area (Å²) in [6.07, 6.45) is 4.56. The molecule has 3 nitrogen and oxygen atoms in total. The van der Waals surface area contributed by atoms with Crippen molar-refractivity contribution in [2.75, 3.05) is 12.8 Å². The Hall–Kier alpha value is -1.09. The third kappa shape index (κ3) is 1.80. The molecule has 2 N–H and O–H groups in total. The van der Waals surface area contributed by atoms with Crippen LogP contribution in [0.2, 0.25) is 0 Å². The van der Waals surface area contributed by atoms with Gasteiger partial charge in [0.2, 0.25) is 0 Å². The fourth-order valence-corrected chi connectivity index (χ4v) is 1.58. The number of ether oxygens (including phenoxy) is 1. The van der Waals surface area contributed by atoms with Crippen LogP contribution in [0.4, 0.5) is 5.82 Å². The van der Waals surface area contributed by atoms with Crippen molar-refractivity contribution in [1.29, 1.82) is 0 Å². The number of methoxy groups -OCH3 is 1. The standard InChI is InChI=1S/C10H14N2O/c1-13-10(7-2-3-7)8-4-5-9(11)12-6-8/h4-7,10H,2-3H2,1H3,(H2,11,12). The number of hydrogen-bond donors (Lipinski definition) is 1. The molecule has 0 aliphatic heterocycles. The van der Waals surface area contributed by atoms with E-state index in [0.717, 1.165) is 5.56 Å². The molecule has 1 aromatic heterocycles. The van der Waals surface area contributed by atoms with Gasteiger partial charge in [-0.3, -0.25) is 0 Å². The topological polar surface area (TPSA) is 48.1 Å². The van der Waals surface area contributed by atoms with Crippen molar-refractivity contribution < 1.29 is 4.74 Å². The van der Waals surface area contributed by atoms with E-state index in [1.165, 1.54) is 12.8 Å². The first kappa shape index (κ1) is 8.51. The summed E-state index contributed by atoms with van der Waals surface area (Å²) >= 11 is 0. The van der Waals surface area contributed by atoms with Gasteiger partial charge in [-0.15, -0.1) is 0 Å². The van der Waals surface area contributed by atoms with Crippen molar-refractivity contribution in [3.8, 4) is 0 Å². The van der Waals surface area contributed by atoms with Crippen molar-refractivity contribution in [2.45, 2.75) is 18.9 Å². The van der Waals surface area contributed by atoms with Crippen LogP contribution in [-0.4, -0.2) is 12.1 Å². The van der Waals surface area contributed by atoms with Gasteiger partial charge in [-0.25, -0.2) is 4.98 Å². The normalized spacial score (nSPS) is 18.5. The van der Waals surface area contributed by atoms with Gasteiger partial charge >= 0.3 is 0 Å². The molecular formula is C10H14N2O. The minimum Gasteiger partial charge on any atom is -0.384 e. The van der Waals surface area contributed by atoms with Gasteiger partial charge < -0.3 is 10.5 Å². The van der Waals surface area contributed by atoms with Crippen LogP contribution in [0.3, 0.4) is 0 Å². The van der Waals surface area contributed by atoms with E-state index in [-0.39, 0.29) is 6.10 Å². The molecule has 0 amide bonds. The van der Waals surface area contributed by atoms with Crippen LogP contribution in [0.5, 0.6) is 0 Å². The predicted molar refractivity (Wildman–Crippen MR) is 51.1 cm³/mol. The summed E-state index contributed by atoms with van der Waals surface area (Å²) < 4.78 is 5.42. The average Bonchev–Trinajstić information content (AvgIpc) is 2.93. The van der Waals surface area contributed by atoms with Crippen LogP contribution in [-0.2, 0) is 4.74 Å². The smallest absolute Gasteiger partial charge is 0.123 e. The lowest BCUT2D eigenvalue weighted by atomic mass is 10.1.